The van der Waals surface area contributed by atoms with E-state index in [1.165, 1.54) is 0 Å². The topological polar surface area (TPSA) is 96.0 Å². The van der Waals surface area contributed by atoms with Crippen LogP contribution < -0.4 is 28.4 Å². The number of amides is 1. The summed E-state index contributed by atoms with van der Waals surface area (Å²) in [6.07, 6.45) is 0.999. The van der Waals surface area contributed by atoms with Gasteiger partial charge in [-0.25, -0.2) is 0 Å². The maximum Gasteiger partial charge on any atom is 0.241 e. The molecule has 0 spiro atoms. The number of nitrogens with zero attached hydrogens (tertiary/aromatic N) is 2. The average Bonchev–Trinajstić information content (AvgIpc) is 3.42. The second-order valence-electron chi connectivity index (χ2n) is 10.4. The van der Waals surface area contributed by atoms with Gasteiger partial charge in [-0.3, -0.25) is 14.5 Å². The molecule has 1 fully saturated rings. The van der Waals surface area contributed by atoms with Gasteiger partial charge >= 0.3 is 0 Å². The highest BCUT2D eigenvalue weighted by atomic mass is 16.7. The fourth-order valence-corrected chi connectivity index (χ4v) is 7.37. The highest BCUT2D eigenvalue weighted by Crippen LogP contribution is 2.59. The number of carbonyl (C=O) groups excluding carboxylic acids is 2. The SMILES string of the molecule is CC[C@H]1c2c3c(c(C)c(OC)c2C(=O)C2[C@H]4c5c(c(OC)c(C)c(OC)c5OC)C[C@@H](C(=O)N21)N4C)OCO3. The lowest BCUT2D eigenvalue weighted by atomic mass is 9.72. The fraction of sp³-hybridized carbons (Fsp3) is 0.517. The molecule has 4 aliphatic rings. The van der Waals surface area contributed by atoms with Crippen molar-refractivity contribution in [2.45, 2.75) is 57.8 Å². The third kappa shape index (κ3) is 3.06. The van der Waals surface area contributed by atoms with E-state index in [-0.39, 0.29) is 18.5 Å². The van der Waals surface area contributed by atoms with Crippen LogP contribution in [0.4, 0.5) is 0 Å². The number of hydrogen-bond donors (Lipinski definition) is 0. The molecular weight excluding hydrogens is 504 g/mol. The predicted molar refractivity (Wildman–Crippen MR) is 141 cm³/mol. The highest BCUT2D eigenvalue weighted by molar-refractivity contribution is 6.10. The second-order valence-corrected chi connectivity index (χ2v) is 10.4. The van der Waals surface area contributed by atoms with Crippen LogP contribution in [0.2, 0.25) is 0 Å². The van der Waals surface area contributed by atoms with Crippen LogP contribution >= 0.6 is 0 Å². The van der Waals surface area contributed by atoms with Gasteiger partial charge in [0.05, 0.1) is 52.1 Å². The summed E-state index contributed by atoms with van der Waals surface area (Å²) in [6, 6.07) is -2.21. The predicted octanol–water partition coefficient (Wildman–Crippen LogP) is 3.52. The minimum Gasteiger partial charge on any atom is -0.496 e. The average molecular weight is 539 g/mol. The lowest BCUT2D eigenvalue weighted by molar-refractivity contribution is -0.153. The Morgan fingerprint density at radius 1 is 0.821 bits per heavy atom. The lowest BCUT2D eigenvalue weighted by Gasteiger charge is -2.56. The molecule has 4 aliphatic heterocycles. The van der Waals surface area contributed by atoms with Crippen molar-refractivity contribution >= 4 is 11.7 Å². The molecule has 0 saturated carbocycles. The van der Waals surface area contributed by atoms with E-state index < -0.39 is 24.2 Å². The smallest absolute Gasteiger partial charge is 0.241 e. The van der Waals surface area contributed by atoms with Crippen molar-refractivity contribution < 1.29 is 38.0 Å². The lowest BCUT2D eigenvalue weighted by Crippen LogP contribution is -2.68. The molecule has 1 saturated heterocycles. The van der Waals surface area contributed by atoms with E-state index in [0.717, 1.165) is 16.7 Å². The zero-order valence-electron chi connectivity index (χ0n) is 23.6. The van der Waals surface area contributed by atoms with Crippen LogP contribution in [0.15, 0.2) is 0 Å². The Morgan fingerprint density at radius 2 is 1.46 bits per heavy atom. The molecular formula is C29H34N2O8. The summed E-state index contributed by atoms with van der Waals surface area (Å²) in [5.41, 5.74) is 4.28. The number of benzene rings is 2. The number of piperazine rings is 1. The second kappa shape index (κ2) is 8.94. The Morgan fingerprint density at radius 3 is 2.08 bits per heavy atom. The first kappa shape index (κ1) is 25.6. The number of ketones is 1. The van der Waals surface area contributed by atoms with Gasteiger partial charge in [0, 0.05) is 34.2 Å². The van der Waals surface area contributed by atoms with E-state index in [9.17, 15) is 9.59 Å². The van der Waals surface area contributed by atoms with E-state index in [4.69, 9.17) is 28.4 Å². The van der Waals surface area contributed by atoms with Crippen LogP contribution in [0.3, 0.4) is 0 Å². The number of carbonyl (C=O) groups is 2. The molecule has 10 heteroatoms. The van der Waals surface area contributed by atoms with Gasteiger partial charge in [0.2, 0.25) is 12.7 Å². The van der Waals surface area contributed by atoms with Crippen molar-refractivity contribution in [1.82, 2.24) is 9.80 Å². The van der Waals surface area contributed by atoms with Gasteiger partial charge in [-0.2, -0.15) is 0 Å². The van der Waals surface area contributed by atoms with Gasteiger partial charge in [-0.05, 0) is 27.3 Å². The number of Topliss-reactive ketones (excluding diaryl/α,β-unsaturated/α-hetero) is 1. The van der Waals surface area contributed by atoms with Crippen molar-refractivity contribution in [2.75, 3.05) is 42.3 Å². The fourth-order valence-electron chi connectivity index (χ4n) is 7.37. The van der Waals surface area contributed by atoms with Gasteiger partial charge in [-0.1, -0.05) is 6.92 Å². The van der Waals surface area contributed by atoms with Crippen LogP contribution in [0.1, 0.15) is 63.6 Å². The molecule has 0 aromatic heterocycles. The van der Waals surface area contributed by atoms with E-state index in [1.807, 2.05) is 32.7 Å². The summed E-state index contributed by atoms with van der Waals surface area (Å²) in [5.74, 6) is 3.00. The Kier molecular flexibility index (Phi) is 5.87. The monoisotopic (exact) mass is 538 g/mol. The Balaban J connectivity index is 1.68. The maximum atomic E-state index is 14.7. The summed E-state index contributed by atoms with van der Waals surface area (Å²) in [7, 11) is 8.26. The first-order valence-corrected chi connectivity index (χ1v) is 13.2. The van der Waals surface area contributed by atoms with Gasteiger partial charge in [0.1, 0.15) is 17.5 Å². The first-order valence-electron chi connectivity index (χ1n) is 13.2. The molecule has 10 nitrogen and oxygen atoms in total. The molecule has 2 aromatic rings. The third-order valence-electron chi connectivity index (χ3n) is 8.92. The summed E-state index contributed by atoms with van der Waals surface area (Å²) in [4.78, 5) is 32.8. The van der Waals surface area contributed by atoms with Gasteiger partial charge in [0.15, 0.2) is 28.8 Å². The largest absolute Gasteiger partial charge is 0.496 e. The van der Waals surface area contributed by atoms with Crippen LogP contribution in [-0.4, -0.2) is 75.9 Å². The molecule has 2 aromatic carbocycles. The van der Waals surface area contributed by atoms with E-state index in [0.29, 0.717) is 64.0 Å². The van der Waals surface area contributed by atoms with Gasteiger partial charge in [-0.15, -0.1) is 0 Å². The van der Waals surface area contributed by atoms with Gasteiger partial charge in [0.25, 0.3) is 0 Å². The van der Waals surface area contributed by atoms with E-state index in [2.05, 4.69) is 0 Å². The molecule has 208 valence electrons. The standard InChI is InChI=1S/C29H34N2O8/c1-9-15-18-19(24(35-6)13(3)26-28(18)39-11-38-26)22(32)21-20-17-14(10-16(30(20)4)29(33)31(15)21)23(34-5)12(2)25(36-7)27(17)37-8/h15-16,20-21H,9-11H2,1-8H3/t15-,16-,20+,21?/m0/s1. The minimum atomic E-state index is -0.824. The maximum absolute atomic E-state index is 14.7. The molecule has 2 bridgehead atoms. The number of ether oxygens (including phenoxy) is 6. The summed E-state index contributed by atoms with van der Waals surface area (Å²) >= 11 is 0. The summed E-state index contributed by atoms with van der Waals surface area (Å²) < 4.78 is 35.2. The number of likely N-dealkylation sites (N-methyl/N-ethyl adjacent to an activating group) is 1. The third-order valence-corrected chi connectivity index (χ3v) is 8.92. The molecule has 0 radical (unpaired) electrons. The summed E-state index contributed by atoms with van der Waals surface area (Å²) in [5, 5.41) is 0. The Hall–Kier alpha value is -3.66. The molecule has 6 rings (SSSR count). The van der Waals surface area contributed by atoms with Crippen molar-refractivity contribution in [1.29, 1.82) is 0 Å². The number of hydrogen-bond acceptors (Lipinski definition) is 9. The molecule has 0 N–H and O–H groups in total. The normalized spacial score (nSPS) is 24.7. The summed E-state index contributed by atoms with van der Waals surface area (Å²) in [6.45, 7) is 5.84. The van der Waals surface area contributed by atoms with Crippen LogP contribution in [-0.2, 0) is 11.2 Å². The Labute approximate surface area is 227 Å². The number of rotatable bonds is 5. The zero-order valence-corrected chi connectivity index (χ0v) is 23.6. The highest BCUT2D eigenvalue weighted by Gasteiger charge is 2.59. The first-order chi connectivity index (χ1) is 18.8. The zero-order chi connectivity index (χ0) is 27.9. The van der Waals surface area contributed by atoms with Crippen molar-refractivity contribution in [3.8, 4) is 34.5 Å². The quantitative estimate of drug-likeness (QED) is 0.567. The molecule has 4 atom stereocenters. The Bertz CT molecular complexity index is 1420. The van der Waals surface area contributed by atoms with Crippen molar-refractivity contribution in [3.05, 3.63) is 33.4 Å². The molecule has 1 amide bonds. The van der Waals surface area contributed by atoms with Crippen molar-refractivity contribution in [3.63, 3.8) is 0 Å². The molecule has 39 heavy (non-hydrogen) atoms. The van der Waals surface area contributed by atoms with Gasteiger partial charge < -0.3 is 33.3 Å². The van der Waals surface area contributed by atoms with Crippen LogP contribution in [0.5, 0.6) is 34.5 Å². The van der Waals surface area contributed by atoms with Crippen LogP contribution in [0.25, 0.3) is 0 Å². The number of methoxy groups -OCH3 is 4. The van der Waals surface area contributed by atoms with E-state index in [1.54, 1.807) is 33.3 Å². The molecule has 0 aliphatic carbocycles. The van der Waals surface area contributed by atoms with E-state index >= 15 is 0 Å². The molecule has 1 unspecified atom stereocenters. The molecule has 4 heterocycles. The van der Waals surface area contributed by atoms with Crippen molar-refractivity contribution in [2.24, 2.45) is 0 Å². The minimum absolute atomic E-state index is 0.0509. The van der Waals surface area contributed by atoms with Crippen LogP contribution in [0, 0.1) is 13.8 Å². The number of fused-ring (bicyclic) bond motifs is 9.